The molecular weight excluding hydrogens is 264 g/mol. The summed E-state index contributed by atoms with van der Waals surface area (Å²) in [6.07, 6.45) is 0. The molecule has 5 heteroatoms. The molecule has 114 valence electrons. The van der Waals surface area contributed by atoms with Gasteiger partial charge in [0.2, 0.25) is 5.91 Å². The largest absolute Gasteiger partial charge is 0.369 e. The van der Waals surface area contributed by atoms with Gasteiger partial charge in [0.15, 0.2) is 0 Å². The molecule has 1 amide bonds. The third kappa shape index (κ3) is 2.89. The number of amides is 1. The van der Waals surface area contributed by atoms with Crippen LogP contribution in [0.5, 0.6) is 0 Å². The van der Waals surface area contributed by atoms with Crippen molar-refractivity contribution in [3.63, 3.8) is 0 Å². The first kappa shape index (κ1) is 14.4. The van der Waals surface area contributed by atoms with Gasteiger partial charge in [0.1, 0.15) is 6.04 Å². The van der Waals surface area contributed by atoms with Crippen LogP contribution in [0, 0.1) is 5.92 Å². The lowest BCUT2D eigenvalue weighted by atomic mass is 10.1. The van der Waals surface area contributed by atoms with E-state index < -0.39 is 6.04 Å². The molecular formula is C16H24N4O. The van der Waals surface area contributed by atoms with Crippen LogP contribution < -0.4 is 16.0 Å². The lowest BCUT2D eigenvalue weighted by molar-refractivity contribution is -0.116. The van der Waals surface area contributed by atoms with Crippen molar-refractivity contribution < 1.29 is 4.79 Å². The number of piperazine rings is 1. The number of benzene rings is 1. The van der Waals surface area contributed by atoms with Crippen LogP contribution in [0.1, 0.15) is 25.5 Å². The summed E-state index contributed by atoms with van der Waals surface area (Å²) in [5.41, 5.74) is 8.80. The normalized spacial score (nSPS) is 22.6. The van der Waals surface area contributed by atoms with E-state index in [-0.39, 0.29) is 5.91 Å². The maximum Gasteiger partial charge on any atom is 0.245 e. The van der Waals surface area contributed by atoms with Crippen LogP contribution in [0.25, 0.3) is 0 Å². The van der Waals surface area contributed by atoms with Crippen molar-refractivity contribution in [2.75, 3.05) is 42.9 Å². The number of hydrogen-bond donors (Lipinski definition) is 2. The first-order valence-electron chi connectivity index (χ1n) is 7.72. The SMILES string of the molecule is CC(C)CN1CCN(c2ccc3c(c2)NC(=O)C3N)CC1. The first-order valence-corrected chi connectivity index (χ1v) is 7.72. The number of rotatable bonds is 3. The number of nitrogens with one attached hydrogen (secondary N) is 1. The van der Waals surface area contributed by atoms with E-state index >= 15 is 0 Å². The van der Waals surface area contributed by atoms with Gasteiger partial charge in [-0.3, -0.25) is 9.69 Å². The minimum Gasteiger partial charge on any atom is -0.369 e. The second-order valence-corrected chi connectivity index (χ2v) is 6.42. The van der Waals surface area contributed by atoms with E-state index in [0.717, 1.165) is 37.4 Å². The maximum absolute atomic E-state index is 11.6. The number of nitrogens with two attached hydrogens (primary N) is 1. The van der Waals surface area contributed by atoms with Gasteiger partial charge in [-0.1, -0.05) is 19.9 Å². The molecule has 1 fully saturated rings. The van der Waals surface area contributed by atoms with Crippen LogP contribution in [-0.4, -0.2) is 43.5 Å². The number of hydrogen-bond acceptors (Lipinski definition) is 4. The van der Waals surface area contributed by atoms with E-state index in [2.05, 4.69) is 41.1 Å². The highest BCUT2D eigenvalue weighted by Crippen LogP contribution is 2.33. The molecule has 0 aromatic heterocycles. The molecule has 3 rings (SSSR count). The minimum atomic E-state index is -0.517. The molecule has 0 saturated carbocycles. The molecule has 2 heterocycles. The summed E-state index contributed by atoms with van der Waals surface area (Å²) >= 11 is 0. The molecule has 2 aliphatic rings. The van der Waals surface area contributed by atoms with E-state index in [4.69, 9.17) is 5.73 Å². The van der Waals surface area contributed by atoms with E-state index in [9.17, 15) is 4.79 Å². The summed E-state index contributed by atoms with van der Waals surface area (Å²) < 4.78 is 0. The average molecular weight is 288 g/mol. The zero-order valence-electron chi connectivity index (χ0n) is 12.8. The Morgan fingerprint density at radius 1 is 1.29 bits per heavy atom. The second-order valence-electron chi connectivity index (χ2n) is 6.42. The van der Waals surface area contributed by atoms with E-state index in [0.29, 0.717) is 5.92 Å². The van der Waals surface area contributed by atoms with Crippen LogP contribution in [0.4, 0.5) is 11.4 Å². The molecule has 21 heavy (non-hydrogen) atoms. The molecule has 1 saturated heterocycles. The van der Waals surface area contributed by atoms with Gasteiger partial charge in [0.25, 0.3) is 0 Å². The molecule has 1 atom stereocenters. The minimum absolute atomic E-state index is 0.107. The van der Waals surface area contributed by atoms with Crippen LogP contribution in [-0.2, 0) is 4.79 Å². The molecule has 3 N–H and O–H groups in total. The van der Waals surface area contributed by atoms with Gasteiger partial charge in [-0.05, 0) is 18.1 Å². The number of anilines is 2. The quantitative estimate of drug-likeness (QED) is 0.883. The Morgan fingerprint density at radius 3 is 2.67 bits per heavy atom. The monoisotopic (exact) mass is 288 g/mol. The number of carbonyl (C=O) groups excluding carboxylic acids is 1. The fourth-order valence-electron chi connectivity index (χ4n) is 3.18. The zero-order chi connectivity index (χ0) is 15.0. The lowest BCUT2D eigenvalue weighted by Crippen LogP contribution is -2.47. The number of carbonyl (C=O) groups is 1. The molecule has 5 nitrogen and oxygen atoms in total. The fraction of sp³-hybridized carbons (Fsp3) is 0.562. The molecule has 0 spiro atoms. The third-order valence-electron chi connectivity index (χ3n) is 4.27. The predicted octanol–water partition coefficient (Wildman–Crippen LogP) is 1.42. The molecule has 0 bridgehead atoms. The Bertz CT molecular complexity index is 535. The first-order chi connectivity index (χ1) is 10.0. The van der Waals surface area contributed by atoms with Gasteiger partial charge in [-0.25, -0.2) is 0 Å². The van der Waals surface area contributed by atoms with Crippen molar-refractivity contribution in [3.05, 3.63) is 23.8 Å². The molecule has 1 aromatic carbocycles. The van der Waals surface area contributed by atoms with E-state index in [1.807, 2.05) is 6.07 Å². The van der Waals surface area contributed by atoms with Crippen molar-refractivity contribution in [1.29, 1.82) is 0 Å². The summed E-state index contributed by atoms with van der Waals surface area (Å²) in [6.45, 7) is 9.96. The van der Waals surface area contributed by atoms with Crippen molar-refractivity contribution in [1.82, 2.24) is 4.90 Å². The van der Waals surface area contributed by atoms with Gasteiger partial charge < -0.3 is 16.0 Å². The maximum atomic E-state index is 11.6. The van der Waals surface area contributed by atoms with Crippen molar-refractivity contribution >= 4 is 17.3 Å². The highest BCUT2D eigenvalue weighted by atomic mass is 16.2. The van der Waals surface area contributed by atoms with Crippen LogP contribution in [0.15, 0.2) is 18.2 Å². The van der Waals surface area contributed by atoms with E-state index in [1.54, 1.807) is 0 Å². The smallest absolute Gasteiger partial charge is 0.245 e. The molecule has 0 aliphatic carbocycles. The summed E-state index contributed by atoms with van der Waals surface area (Å²) in [5.74, 6) is 0.608. The Labute approximate surface area is 126 Å². The van der Waals surface area contributed by atoms with Gasteiger partial charge in [-0.15, -0.1) is 0 Å². The average Bonchev–Trinajstić information content (AvgIpc) is 2.74. The Hall–Kier alpha value is -1.59. The topological polar surface area (TPSA) is 61.6 Å². The third-order valence-corrected chi connectivity index (χ3v) is 4.27. The van der Waals surface area contributed by atoms with Crippen LogP contribution >= 0.6 is 0 Å². The standard InChI is InChI=1S/C16H24N4O/c1-11(2)10-19-5-7-20(8-6-19)12-3-4-13-14(9-12)18-16(21)15(13)17/h3-4,9,11,15H,5-8,10,17H2,1-2H3,(H,18,21). The van der Waals surface area contributed by atoms with Gasteiger partial charge in [0.05, 0.1) is 0 Å². The van der Waals surface area contributed by atoms with Crippen molar-refractivity contribution in [2.24, 2.45) is 11.7 Å². The highest BCUT2D eigenvalue weighted by molar-refractivity contribution is 6.02. The number of nitrogens with zero attached hydrogens (tertiary/aromatic N) is 2. The molecule has 0 radical (unpaired) electrons. The van der Waals surface area contributed by atoms with Crippen LogP contribution in [0.2, 0.25) is 0 Å². The molecule has 1 aromatic rings. The molecule has 1 unspecified atom stereocenters. The Kier molecular flexibility index (Phi) is 3.87. The fourth-order valence-corrected chi connectivity index (χ4v) is 3.18. The summed E-state index contributed by atoms with van der Waals surface area (Å²) in [7, 11) is 0. The van der Waals surface area contributed by atoms with Gasteiger partial charge in [-0.2, -0.15) is 0 Å². The van der Waals surface area contributed by atoms with E-state index in [1.165, 1.54) is 12.2 Å². The summed E-state index contributed by atoms with van der Waals surface area (Å²) in [5, 5.41) is 2.86. The summed E-state index contributed by atoms with van der Waals surface area (Å²) in [4.78, 5) is 16.5. The lowest BCUT2D eigenvalue weighted by Gasteiger charge is -2.37. The van der Waals surface area contributed by atoms with Gasteiger partial charge >= 0.3 is 0 Å². The predicted molar refractivity (Wildman–Crippen MR) is 85.5 cm³/mol. The Morgan fingerprint density at radius 2 is 2.00 bits per heavy atom. The second kappa shape index (κ2) is 5.66. The van der Waals surface area contributed by atoms with Crippen molar-refractivity contribution in [3.8, 4) is 0 Å². The van der Waals surface area contributed by atoms with Gasteiger partial charge in [0, 0.05) is 49.7 Å². The zero-order valence-corrected chi connectivity index (χ0v) is 12.8. The van der Waals surface area contributed by atoms with Crippen molar-refractivity contribution in [2.45, 2.75) is 19.9 Å². The van der Waals surface area contributed by atoms with Crippen LogP contribution in [0.3, 0.4) is 0 Å². The summed E-state index contributed by atoms with van der Waals surface area (Å²) in [6, 6.07) is 5.60. The molecule has 2 aliphatic heterocycles. The highest BCUT2D eigenvalue weighted by Gasteiger charge is 2.28. The number of fused-ring (bicyclic) bond motifs is 1. The Balaban J connectivity index is 1.67.